The lowest BCUT2D eigenvalue weighted by Gasteiger charge is -2.22. The molecule has 170 valence electrons. The predicted molar refractivity (Wildman–Crippen MR) is 131 cm³/mol. The van der Waals surface area contributed by atoms with Crippen molar-refractivity contribution >= 4 is 17.5 Å². The van der Waals surface area contributed by atoms with E-state index in [0.29, 0.717) is 29.2 Å². The molecule has 1 saturated heterocycles. The van der Waals surface area contributed by atoms with Crippen LogP contribution in [0.15, 0.2) is 78.9 Å². The van der Waals surface area contributed by atoms with E-state index in [9.17, 15) is 9.59 Å². The number of nitrogens with one attached hydrogen (secondary N) is 1. The fraction of sp³-hybridized carbons (Fsp3) is 0.286. The second-order valence-corrected chi connectivity index (χ2v) is 8.32. The Hall–Kier alpha value is -3.60. The molecule has 0 bridgehead atoms. The molecule has 0 aromatic heterocycles. The summed E-state index contributed by atoms with van der Waals surface area (Å²) in [5.41, 5.74) is 2.76. The van der Waals surface area contributed by atoms with Crippen LogP contribution in [-0.4, -0.2) is 36.4 Å². The Bertz CT molecular complexity index is 1070. The molecule has 1 N–H and O–H groups in total. The molecule has 3 aromatic carbocycles. The summed E-state index contributed by atoms with van der Waals surface area (Å²) in [6.45, 7) is 2.06. The largest absolute Gasteiger partial charge is 0.493 e. The quantitative estimate of drug-likeness (QED) is 0.520. The van der Waals surface area contributed by atoms with Gasteiger partial charge in [-0.05, 0) is 48.7 Å². The molecule has 1 aliphatic heterocycles. The van der Waals surface area contributed by atoms with Gasteiger partial charge in [-0.25, -0.2) is 0 Å². The predicted octanol–water partition coefficient (Wildman–Crippen LogP) is 5.58. The number of nitrogens with zero attached hydrogens (tertiary/aromatic N) is 1. The zero-order valence-corrected chi connectivity index (χ0v) is 18.8. The number of carbonyl (C=O) groups excluding carboxylic acids is 2. The minimum atomic E-state index is -0.264. The number of hydrogen-bond donors (Lipinski definition) is 1. The van der Waals surface area contributed by atoms with Crippen LogP contribution in [0.5, 0.6) is 5.75 Å². The minimum absolute atomic E-state index is 0.0224. The lowest BCUT2D eigenvalue weighted by atomic mass is 10.1. The second kappa shape index (κ2) is 11.3. The van der Waals surface area contributed by atoms with Gasteiger partial charge >= 0.3 is 0 Å². The molecule has 2 amide bonds. The zero-order chi connectivity index (χ0) is 22.9. The van der Waals surface area contributed by atoms with Crippen molar-refractivity contribution < 1.29 is 14.3 Å². The number of anilines is 1. The molecule has 5 heteroatoms. The van der Waals surface area contributed by atoms with Gasteiger partial charge in [0.25, 0.3) is 11.8 Å². The fourth-order valence-corrected chi connectivity index (χ4v) is 4.08. The van der Waals surface area contributed by atoms with Crippen LogP contribution in [0, 0.1) is 0 Å². The summed E-state index contributed by atoms with van der Waals surface area (Å²) in [5, 5.41) is 2.93. The summed E-state index contributed by atoms with van der Waals surface area (Å²) in [7, 11) is 0. The van der Waals surface area contributed by atoms with Gasteiger partial charge in [0.1, 0.15) is 5.75 Å². The lowest BCUT2D eigenvalue weighted by molar-refractivity contribution is 0.0762. The maximum Gasteiger partial charge on any atom is 0.255 e. The van der Waals surface area contributed by atoms with Crippen molar-refractivity contribution in [3.63, 3.8) is 0 Å². The van der Waals surface area contributed by atoms with Crippen molar-refractivity contribution in [2.24, 2.45) is 0 Å². The first-order chi connectivity index (χ1) is 16.2. The summed E-state index contributed by atoms with van der Waals surface area (Å²) >= 11 is 0. The third kappa shape index (κ3) is 6.22. The molecule has 1 aliphatic rings. The fourth-order valence-electron chi connectivity index (χ4n) is 4.08. The van der Waals surface area contributed by atoms with Crippen LogP contribution >= 0.6 is 0 Å². The van der Waals surface area contributed by atoms with E-state index >= 15 is 0 Å². The van der Waals surface area contributed by atoms with E-state index in [4.69, 9.17) is 4.74 Å². The monoisotopic (exact) mass is 442 g/mol. The Morgan fingerprint density at radius 2 is 1.55 bits per heavy atom. The summed E-state index contributed by atoms with van der Waals surface area (Å²) in [6.07, 6.45) is 5.16. The number of amides is 2. The third-order valence-corrected chi connectivity index (χ3v) is 5.90. The lowest BCUT2D eigenvalue weighted by Crippen LogP contribution is -2.32. The second-order valence-electron chi connectivity index (χ2n) is 8.32. The topological polar surface area (TPSA) is 58.6 Å². The SMILES string of the molecule is O=C(Nc1ccccc1C(=O)N1CCCCCC1)c1cccc(OCCc2ccccc2)c1. The molecule has 1 fully saturated rings. The molecule has 0 saturated carbocycles. The van der Waals surface area contributed by atoms with E-state index in [2.05, 4.69) is 17.4 Å². The number of likely N-dealkylation sites (tertiary alicyclic amines) is 1. The van der Waals surface area contributed by atoms with Crippen molar-refractivity contribution in [1.82, 2.24) is 4.90 Å². The van der Waals surface area contributed by atoms with Crippen LogP contribution in [0.4, 0.5) is 5.69 Å². The maximum absolute atomic E-state index is 13.1. The van der Waals surface area contributed by atoms with Gasteiger partial charge in [-0.1, -0.05) is 61.4 Å². The van der Waals surface area contributed by atoms with Crippen molar-refractivity contribution in [3.05, 3.63) is 95.6 Å². The smallest absolute Gasteiger partial charge is 0.255 e. The molecule has 0 aliphatic carbocycles. The van der Waals surface area contributed by atoms with E-state index in [1.807, 2.05) is 41.3 Å². The molecular formula is C28H30N2O3. The van der Waals surface area contributed by atoms with Gasteiger partial charge in [0.15, 0.2) is 0 Å². The van der Waals surface area contributed by atoms with Gasteiger partial charge in [-0.2, -0.15) is 0 Å². The van der Waals surface area contributed by atoms with Crippen LogP contribution in [-0.2, 0) is 6.42 Å². The minimum Gasteiger partial charge on any atom is -0.493 e. The third-order valence-electron chi connectivity index (χ3n) is 5.90. The summed E-state index contributed by atoms with van der Waals surface area (Å²) in [5.74, 6) is 0.359. The first kappa shape index (κ1) is 22.6. The number of benzene rings is 3. The van der Waals surface area contributed by atoms with Crippen molar-refractivity contribution in [2.45, 2.75) is 32.1 Å². The van der Waals surface area contributed by atoms with Gasteiger partial charge in [0, 0.05) is 25.1 Å². The normalized spacial score (nSPS) is 13.8. The van der Waals surface area contributed by atoms with E-state index in [1.54, 1.807) is 30.3 Å². The van der Waals surface area contributed by atoms with Gasteiger partial charge in [0.05, 0.1) is 17.9 Å². The number of rotatable bonds is 7. The highest BCUT2D eigenvalue weighted by Crippen LogP contribution is 2.22. The molecule has 0 radical (unpaired) electrons. The van der Waals surface area contributed by atoms with Gasteiger partial charge in [0.2, 0.25) is 0 Å². The average Bonchev–Trinajstić information content (AvgIpc) is 3.15. The van der Waals surface area contributed by atoms with E-state index < -0.39 is 0 Å². The van der Waals surface area contributed by atoms with Crippen LogP contribution in [0.3, 0.4) is 0 Å². The molecule has 0 atom stereocenters. The van der Waals surface area contributed by atoms with Gasteiger partial charge in [-0.15, -0.1) is 0 Å². The molecule has 5 nitrogen and oxygen atoms in total. The Morgan fingerprint density at radius 3 is 2.33 bits per heavy atom. The Labute approximate surface area is 195 Å². The number of para-hydroxylation sites is 1. The summed E-state index contributed by atoms with van der Waals surface area (Å²) in [6, 6.07) is 24.5. The average molecular weight is 443 g/mol. The molecule has 3 aromatic rings. The Balaban J connectivity index is 1.41. The number of hydrogen-bond acceptors (Lipinski definition) is 3. The molecule has 1 heterocycles. The summed E-state index contributed by atoms with van der Waals surface area (Å²) in [4.78, 5) is 28.0. The van der Waals surface area contributed by atoms with Crippen LogP contribution in [0.2, 0.25) is 0 Å². The van der Waals surface area contributed by atoms with Crippen LogP contribution in [0.1, 0.15) is 52.0 Å². The van der Waals surface area contributed by atoms with Crippen LogP contribution < -0.4 is 10.1 Å². The molecule has 33 heavy (non-hydrogen) atoms. The van der Waals surface area contributed by atoms with E-state index in [1.165, 1.54) is 5.56 Å². The van der Waals surface area contributed by atoms with Gasteiger partial charge < -0.3 is 15.0 Å². The highest BCUT2D eigenvalue weighted by Gasteiger charge is 2.21. The van der Waals surface area contributed by atoms with Gasteiger partial charge in [-0.3, -0.25) is 9.59 Å². The zero-order valence-electron chi connectivity index (χ0n) is 18.8. The highest BCUT2D eigenvalue weighted by molar-refractivity contribution is 6.09. The molecule has 0 unspecified atom stereocenters. The molecule has 4 rings (SSSR count). The molecule has 0 spiro atoms. The molecular weight excluding hydrogens is 412 g/mol. The maximum atomic E-state index is 13.1. The first-order valence-electron chi connectivity index (χ1n) is 11.7. The Kier molecular flexibility index (Phi) is 7.75. The Morgan fingerprint density at radius 1 is 0.818 bits per heavy atom. The van der Waals surface area contributed by atoms with E-state index in [-0.39, 0.29) is 11.8 Å². The number of ether oxygens (including phenoxy) is 1. The summed E-state index contributed by atoms with van der Waals surface area (Å²) < 4.78 is 5.86. The van der Waals surface area contributed by atoms with Crippen molar-refractivity contribution in [3.8, 4) is 5.75 Å². The first-order valence-corrected chi connectivity index (χ1v) is 11.7. The van der Waals surface area contributed by atoms with Crippen LogP contribution in [0.25, 0.3) is 0 Å². The van der Waals surface area contributed by atoms with Crippen molar-refractivity contribution in [1.29, 1.82) is 0 Å². The van der Waals surface area contributed by atoms with E-state index in [0.717, 1.165) is 45.2 Å². The van der Waals surface area contributed by atoms with Crippen molar-refractivity contribution in [2.75, 3.05) is 25.0 Å². The highest BCUT2D eigenvalue weighted by atomic mass is 16.5. The number of carbonyl (C=O) groups is 2. The standard InChI is InChI=1S/C28H30N2O3/c31-27(23-13-10-14-24(21-23)33-20-17-22-11-4-3-5-12-22)29-26-16-7-6-15-25(26)28(32)30-18-8-1-2-9-19-30/h3-7,10-16,21H,1-2,8-9,17-20H2,(H,29,31).